The molecule has 0 radical (unpaired) electrons. The molecule has 0 aliphatic rings. The van der Waals surface area contributed by atoms with Crippen molar-refractivity contribution in [3.05, 3.63) is 24.3 Å². The van der Waals surface area contributed by atoms with Gasteiger partial charge in [0.2, 0.25) is 0 Å². The van der Waals surface area contributed by atoms with E-state index in [0.717, 1.165) is 25.3 Å². The van der Waals surface area contributed by atoms with Crippen LogP contribution in [0.3, 0.4) is 0 Å². The van der Waals surface area contributed by atoms with Gasteiger partial charge in [-0.2, -0.15) is 0 Å². The van der Waals surface area contributed by atoms with Crippen molar-refractivity contribution < 1.29 is 0 Å². The summed E-state index contributed by atoms with van der Waals surface area (Å²) < 4.78 is 0. The van der Waals surface area contributed by atoms with E-state index in [-0.39, 0.29) is 0 Å². The van der Waals surface area contributed by atoms with Gasteiger partial charge in [-0.1, -0.05) is 0 Å². The SMILES string of the molecule is CC(C)N(CCCCl)Cc1ncccn1. The Morgan fingerprint density at radius 1 is 1.33 bits per heavy atom. The highest BCUT2D eigenvalue weighted by molar-refractivity contribution is 6.17. The first-order valence-electron chi connectivity index (χ1n) is 5.30. The van der Waals surface area contributed by atoms with Crippen molar-refractivity contribution in [3.8, 4) is 0 Å². The van der Waals surface area contributed by atoms with Crippen LogP contribution in [0, 0.1) is 0 Å². The molecule has 1 aromatic rings. The van der Waals surface area contributed by atoms with Crippen molar-refractivity contribution in [3.63, 3.8) is 0 Å². The first kappa shape index (κ1) is 12.4. The molecule has 0 aliphatic carbocycles. The summed E-state index contributed by atoms with van der Waals surface area (Å²) in [4.78, 5) is 10.8. The Kier molecular flexibility index (Phi) is 5.58. The average molecular weight is 228 g/mol. The van der Waals surface area contributed by atoms with Gasteiger partial charge in [-0.3, -0.25) is 4.90 Å². The summed E-state index contributed by atoms with van der Waals surface area (Å²) in [5.74, 6) is 1.58. The summed E-state index contributed by atoms with van der Waals surface area (Å²) in [6.45, 7) is 6.16. The molecule has 3 nitrogen and oxygen atoms in total. The van der Waals surface area contributed by atoms with Gasteiger partial charge in [-0.05, 0) is 26.3 Å². The Labute approximate surface area is 96.5 Å². The second-order valence-electron chi connectivity index (χ2n) is 3.77. The van der Waals surface area contributed by atoms with E-state index in [1.54, 1.807) is 12.4 Å². The summed E-state index contributed by atoms with van der Waals surface area (Å²) in [5, 5.41) is 0. The minimum absolute atomic E-state index is 0.497. The number of nitrogens with zero attached hydrogens (tertiary/aromatic N) is 3. The number of hydrogen-bond acceptors (Lipinski definition) is 3. The zero-order chi connectivity index (χ0) is 11.1. The van der Waals surface area contributed by atoms with Crippen LogP contribution in [-0.4, -0.2) is 33.3 Å². The van der Waals surface area contributed by atoms with Crippen molar-refractivity contribution in [2.45, 2.75) is 32.9 Å². The summed E-state index contributed by atoms with van der Waals surface area (Å²) in [6.07, 6.45) is 4.57. The largest absolute Gasteiger partial charge is 0.293 e. The van der Waals surface area contributed by atoms with Crippen LogP contribution in [0.25, 0.3) is 0 Å². The molecule has 0 fully saturated rings. The highest BCUT2D eigenvalue weighted by Gasteiger charge is 2.10. The Hall–Kier alpha value is -0.670. The molecule has 0 spiro atoms. The fourth-order valence-corrected chi connectivity index (χ4v) is 1.50. The quantitative estimate of drug-likeness (QED) is 0.699. The molecule has 4 heteroatoms. The van der Waals surface area contributed by atoms with Gasteiger partial charge in [0.15, 0.2) is 0 Å². The van der Waals surface area contributed by atoms with Gasteiger partial charge in [0, 0.05) is 30.9 Å². The molecule has 0 bridgehead atoms. The van der Waals surface area contributed by atoms with Crippen molar-refractivity contribution in [2.24, 2.45) is 0 Å². The van der Waals surface area contributed by atoms with E-state index >= 15 is 0 Å². The van der Waals surface area contributed by atoms with Gasteiger partial charge in [0.05, 0.1) is 6.54 Å². The normalized spacial score (nSPS) is 11.3. The third-order valence-electron chi connectivity index (χ3n) is 2.27. The summed E-state index contributed by atoms with van der Waals surface area (Å²) in [6, 6.07) is 2.33. The van der Waals surface area contributed by atoms with E-state index < -0.39 is 0 Å². The highest BCUT2D eigenvalue weighted by Crippen LogP contribution is 2.05. The lowest BCUT2D eigenvalue weighted by Crippen LogP contribution is -2.32. The van der Waals surface area contributed by atoms with Crippen molar-refractivity contribution >= 4 is 11.6 Å². The molecule has 0 unspecified atom stereocenters. The minimum atomic E-state index is 0.497. The lowest BCUT2D eigenvalue weighted by atomic mass is 10.3. The van der Waals surface area contributed by atoms with Gasteiger partial charge in [-0.25, -0.2) is 9.97 Å². The van der Waals surface area contributed by atoms with Gasteiger partial charge in [0.25, 0.3) is 0 Å². The van der Waals surface area contributed by atoms with E-state index in [9.17, 15) is 0 Å². The van der Waals surface area contributed by atoms with Crippen LogP contribution in [0.15, 0.2) is 18.5 Å². The minimum Gasteiger partial charge on any atom is -0.293 e. The average Bonchev–Trinajstić information content (AvgIpc) is 2.25. The zero-order valence-electron chi connectivity index (χ0n) is 9.36. The molecule has 0 amide bonds. The molecule has 0 aliphatic heterocycles. The van der Waals surface area contributed by atoms with Gasteiger partial charge >= 0.3 is 0 Å². The molecule has 1 heterocycles. The van der Waals surface area contributed by atoms with Crippen LogP contribution in [0.1, 0.15) is 26.1 Å². The Morgan fingerprint density at radius 3 is 2.53 bits per heavy atom. The number of hydrogen-bond donors (Lipinski definition) is 0. The molecule has 0 saturated carbocycles. The summed E-state index contributed by atoms with van der Waals surface area (Å²) in [7, 11) is 0. The number of alkyl halides is 1. The lowest BCUT2D eigenvalue weighted by Gasteiger charge is -2.25. The van der Waals surface area contributed by atoms with Crippen LogP contribution in [0.4, 0.5) is 0 Å². The fourth-order valence-electron chi connectivity index (χ4n) is 1.38. The monoisotopic (exact) mass is 227 g/mol. The predicted molar refractivity (Wildman–Crippen MR) is 62.9 cm³/mol. The van der Waals surface area contributed by atoms with Crippen LogP contribution in [0.2, 0.25) is 0 Å². The zero-order valence-corrected chi connectivity index (χ0v) is 10.1. The van der Waals surface area contributed by atoms with Crippen molar-refractivity contribution in [2.75, 3.05) is 12.4 Å². The number of rotatable bonds is 6. The van der Waals surface area contributed by atoms with Gasteiger partial charge < -0.3 is 0 Å². The molecule has 0 N–H and O–H groups in total. The van der Waals surface area contributed by atoms with Crippen LogP contribution in [0.5, 0.6) is 0 Å². The maximum absolute atomic E-state index is 5.70. The first-order valence-corrected chi connectivity index (χ1v) is 5.83. The highest BCUT2D eigenvalue weighted by atomic mass is 35.5. The van der Waals surface area contributed by atoms with E-state index in [4.69, 9.17) is 11.6 Å². The predicted octanol–water partition coefficient (Wildman–Crippen LogP) is 2.32. The molecule has 1 aromatic heterocycles. The lowest BCUT2D eigenvalue weighted by molar-refractivity contribution is 0.208. The van der Waals surface area contributed by atoms with E-state index in [2.05, 4.69) is 28.7 Å². The third kappa shape index (κ3) is 4.58. The second-order valence-corrected chi connectivity index (χ2v) is 4.15. The van der Waals surface area contributed by atoms with Crippen molar-refractivity contribution in [1.82, 2.24) is 14.9 Å². The maximum Gasteiger partial charge on any atom is 0.142 e. The fraction of sp³-hybridized carbons (Fsp3) is 0.636. The van der Waals surface area contributed by atoms with E-state index in [1.165, 1.54) is 0 Å². The summed E-state index contributed by atoms with van der Waals surface area (Å²) in [5.41, 5.74) is 0. The van der Waals surface area contributed by atoms with Gasteiger partial charge in [-0.15, -0.1) is 11.6 Å². The van der Waals surface area contributed by atoms with Crippen LogP contribution >= 0.6 is 11.6 Å². The molecule has 0 atom stereocenters. The van der Waals surface area contributed by atoms with Crippen LogP contribution < -0.4 is 0 Å². The molecular weight excluding hydrogens is 210 g/mol. The first-order chi connectivity index (χ1) is 7.24. The maximum atomic E-state index is 5.70. The van der Waals surface area contributed by atoms with Crippen LogP contribution in [-0.2, 0) is 6.54 Å². The number of aromatic nitrogens is 2. The standard InChI is InChI=1S/C11H18ClN3/c1-10(2)15(8-3-5-12)9-11-13-6-4-7-14-11/h4,6-7,10H,3,5,8-9H2,1-2H3. The number of halogens is 1. The molecule has 0 aromatic carbocycles. The molecule has 84 valence electrons. The molecule has 1 rings (SSSR count). The second kappa shape index (κ2) is 6.75. The smallest absolute Gasteiger partial charge is 0.142 e. The van der Waals surface area contributed by atoms with E-state index in [1.807, 2.05) is 6.07 Å². The Morgan fingerprint density at radius 2 is 2.00 bits per heavy atom. The molecule has 0 saturated heterocycles. The van der Waals surface area contributed by atoms with Crippen molar-refractivity contribution in [1.29, 1.82) is 0 Å². The van der Waals surface area contributed by atoms with Gasteiger partial charge in [0.1, 0.15) is 5.82 Å². The summed E-state index contributed by atoms with van der Waals surface area (Å²) >= 11 is 5.70. The van der Waals surface area contributed by atoms with E-state index in [0.29, 0.717) is 11.9 Å². The topological polar surface area (TPSA) is 29.0 Å². The third-order valence-corrected chi connectivity index (χ3v) is 2.54. The molecular formula is C11H18ClN3. The Bertz CT molecular complexity index is 264. The molecule has 15 heavy (non-hydrogen) atoms. The Balaban J connectivity index is 2.51.